The highest BCUT2D eigenvalue weighted by molar-refractivity contribution is 7.16. The molecule has 0 atom stereocenters. The lowest BCUT2D eigenvalue weighted by Gasteiger charge is -2.00. The fourth-order valence-electron chi connectivity index (χ4n) is 1.96. The predicted octanol–water partition coefficient (Wildman–Crippen LogP) is 3.83. The third kappa shape index (κ3) is 2.07. The minimum Gasteiger partial charge on any atom is -0.389 e. The van der Waals surface area contributed by atoms with E-state index in [-0.39, 0.29) is 0 Å². The number of rotatable bonds is 3. The van der Waals surface area contributed by atoms with E-state index >= 15 is 0 Å². The minimum atomic E-state index is 0.686. The summed E-state index contributed by atoms with van der Waals surface area (Å²) in [7, 11) is 0. The maximum atomic E-state index is 6.07. The van der Waals surface area contributed by atoms with Crippen LogP contribution in [0.2, 0.25) is 0 Å². The molecular formula is C14H16N2S. The second kappa shape index (κ2) is 4.15. The molecule has 1 aliphatic rings. The minimum absolute atomic E-state index is 0.686. The number of aromatic nitrogens is 1. The number of benzene rings is 1. The first-order valence-corrected chi connectivity index (χ1v) is 6.95. The number of nitrogens with two attached hydrogens (primary N) is 1. The number of nitrogen functional groups attached to an aromatic ring is 1. The SMILES string of the molecule is CCc1ccc(-c2nc(C3CC3)sc2N)cc1. The summed E-state index contributed by atoms with van der Waals surface area (Å²) < 4.78 is 0. The Morgan fingerprint density at radius 1 is 1.29 bits per heavy atom. The molecule has 1 aromatic carbocycles. The number of aryl methyl sites for hydroxylation is 1. The van der Waals surface area contributed by atoms with Gasteiger partial charge in [-0.05, 0) is 24.8 Å². The first kappa shape index (κ1) is 10.8. The van der Waals surface area contributed by atoms with E-state index in [2.05, 4.69) is 31.2 Å². The van der Waals surface area contributed by atoms with Gasteiger partial charge in [0.05, 0.1) is 5.01 Å². The lowest BCUT2D eigenvalue weighted by molar-refractivity contribution is 1.08. The zero-order chi connectivity index (χ0) is 11.8. The molecule has 1 heterocycles. The number of hydrogen-bond donors (Lipinski definition) is 1. The molecule has 17 heavy (non-hydrogen) atoms. The highest BCUT2D eigenvalue weighted by atomic mass is 32.1. The zero-order valence-corrected chi connectivity index (χ0v) is 10.8. The van der Waals surface area contributed by atoms with Gasteiger partial charge in [0.15, 0.2) is 0 Å². The largest absolute Gasteiger partial charge is 0.389 e. The van der Waals surface area contributed by atoms with Crippen molar-refractivity contribution in [3.63, 3.8) is 0 Å². The number of anilines is 1. The van der Waals surface area contributed by atoms with Crippen molar-refractivity contribution in [3.05, 3.63) is 34.8 Å². The van der Waals surface area contributed by atoms with Crippen molar-refractivity contribution in [1.29, 1.82) is 0 Å². The topological polar surface area (TPSA) is 38.9 Å². The number of hydrogen-bond acceptors (Lipinski definition) is 3. The maximum Gasteiger partial charge on any atom is 0.114 e. The summed E-state index contributed by atoms with van der Waals surface area (Å²) in [6, 6.07) is 8.57. The quantitative estimate of drug-likeness (QED) is 0.891. The zero-order valence-electron chi connectivity index (χ0n) is 9.94. The van der Waals surface area contributed by atoms with E-state index in [4.69, 9.17) is 10.7 Å². The Kier molecular flexibility index (Phi) is 2.63. The van der Waals surface area contributed by atoms with Crippen LogP contribution in [0.3, 0.4) is 0 Å². The van der Waals surface area contributed by atoms with E-state index in [1.54, 1.807) is 11.3 Å². The van der Waals surface area contributed by atoms with Gasteiger partial charge >= 0.3 is 0 Å². The Morgan fingerprint density at radius 3 is 2.59 bits per heavy atom. The molecule has 3 rings (SSSR count). The van der Waals surface area contributed by atoms with E-state index < -0.39 is 0 Å². The molecule has 2 aromatic rings. The highest BCUT2D eigenvalue weighted by Crippen LogP contribution is 2.45. The summed E-state index contributed by atoms with van der Waals surface area (Å²) in [4.78, 5) is 4.69. The lowest BCUT2D eigenvalue weighted by atomic mass is 10.1. The van der Waals surface area contributed by atoms with Crippen LogP contribution in [0.15, 0.2) is 24.3 Å². The number of nitrogens with zero attached hydrogens (tertiary/aromatic N) is 1. The van der Waals surface area contributed by atoms with Gasteiger partial charge < -0.3 is 5.73 Å². The molecule has 3 heteroatoms. The van der Waals surface area contributed by atoms with Crippen LogP contribution in [0.4, 0.5) is 5.00 Å². The van der Waals surface area contributed by atoms with E-state index in [1.165, 1.54) is 23.4 Å². The Bertz CT molecular complexity index is 524. The van der Waals surface area contributed by atoms with E-state index in [0.717, 1.165) is 22.7 Å². The van der Waals surface area contributed by atoms with Gasteiger partial charge in [-0.15, -0.1) is 11.3 Å². The Balaban J connectivity index is 1.95. The van der Waals surface area contributed by atoms with Crippen LogP contribution in [0, 0.1) is 0 Å². The molecule has 0 saturated heterocycles. The van der Waals surface area contributed by atoms with Crippen molar-refractivity contribution in [2.75, 3.05) is 5.73 Å². The summed E-state index contributed by atoms with van der Waals surface area (Å²) in [5, 5.41) is 2.08. The van der Waals surface area contributed by atoms with E-state index in [1.807, 2.05) is 0 Å². The summed E-state index contributed by atoms with van der Waals surface area (Å²) in [5.74, 6) is 0.686. The molecule has 1 aromatic heterocycles. The molecular weight excluding hydrogens is 228 g/mol. The van der Waals surface area contributed by atoms with Gasteiger partial charge in [0, 0.05) is 11.5 Å². The van der Waals surface area contributed by atoms with Crippen LogP contribution in [0.25, 0.3) is 11.3 Å². The average Bonchev–Trinajstić information content (AvgIpc) is 3.13. The van der Waals surface area contributed by atoms with E-state index in [9.17, 15) is 0 Å². The second-order valence-corrected chi connectivity index (χ2v) is 5.65. The van der Waals surface area contributed by atoms with Gasteiger partial charge in [0.2, 0.25) is 0 Å². The Labute approximate surface area is 106 Å². The van der Waals surface area contributed by atoms with Crippen molar-refractivity contribution in [1.82, 2.24) is 4.98 Å². The molecule has 0 aliphatic heterocycles. The monoisotopic (exact) mass is 244 g/mol. The fraction of sp³-hybridized carbons (Fsp3) is 0.357. The molecule has 0 unspecified atom stereocenters. The summed E-state index contributed by atoms with van der Waals surface area (Å²) in [5.41, 5.74) is 9.53. The maximum absolute atomic E-state index is 6.07. The molecule has 0 radical (unpaired) electrons. The van der Waals surface area contributed by atoms with Gasteiger partial charge in [-0.3, -0.25) is 0 Å². The lowest BCUT2D eigenvalue weighted by Crippen LogP contribution is -1.87. The van der Waals surface area contributed by atoms with Crippen LogP contribution in [-0.2, 0) is 6.42 Å². The van der Waals surface area contributed by atoms with Crippen LogP contribution >= 0.6 is 11.3 Å². The summed E-state index contributed by atoms with van der Waals surface area (Å²) in [6.07, 6.45) is 3.63. The molecule has 1 aliphatic carbocycles. The van der Waals surface area contributed by atoms with Crippen LogP contribution in [-0.4, -0.2) is 4.98 Å². The molecule has 88 valence electrons. The Hall–Kier alpha value is -1.35. The molecule has 0 spiro atoms. The Morgan fingerprint density at radius 2 is 2.00 bits per heavy atom. The van der Waals surface area contributed by atoms with Crippen LogP contribution in [0.1, 0.15) is 36.3 Å². The van der Waals surface area contributed by atoms with Gasteiger partial charge in [0.25, 0.3) is 0 Å². The average molecular weight is 244 g/mol. The van der Waals surface area contributed by atoms with E-state index in [0.29, 0.717) is 5.92 Å². The van der Waals surface area contributed by atoms with Crippen molar-refractivity contribution in [2.45, 2.75) is 32.1 Å². The molecule has 2 N–H and O–H groups in total. The van der Waals surface area contributed by atoms with Gasteiger partial charge in [-0.1, -0.05) is 31.2 Å². The van der Waals surface area contributed by atoms with Crippen LogP contribution in [0.5, 0.6) is 0 Å². The molecule has 1 saturated carbocycles. The standard InChI is InChI=1S/C14H16N2S/c1-2-9-3-5-10(6-4-9)12-13(15)17-14(16-12)11-7-8-11/h3-6,11H,2,7-8,15H2,1H3. The highest BCUT2D eigenvalue weighted by Gasteiger charge is 2.28. The number of thiazole rings is 1. The predicted molar refractivity (Wildman–Crippen MR) is 73.3 cm³/mol. The third-order valence-corrected chi connectivity index (χ3v) is 4.28. The molecule has 0 bridgehead atoms. The van der Waals surface area contributed by atoms with Crippen molar-refractivity contribution in [2.24, 2.45) is 0 Å². The first-order valence-electron chi connectivity index (χ1n) is 6.13. The smallest absolute Gasteiger partial charge is 0.114 e. The van der Waals surface area contributed by atoms with Gasteiger partial charge in [-0.25, -0.2) is 4.98 Å². The summed E-state index contributed by atoms with van der Waals surface area (Å²) >= 11 is 1.66. The molecule has 1 fully saturated rings. The third-order valence-electron chi connectivity index (χ3n) is 3.23. The van der Waals surface area contributed by atoms with Crippen molar-refractivity contribution in [3.8, 4) is 11.3 Å². The molecule has 2 nitrogen and oxygen atoms in total. The summed E-state index contributed by atoms with van der Waals surface area (Å²) in [6.45, 7) is 2.16. The van der Waals surface area contributed by atoms with Crippen LogP contribution < -0.4 is 5.73 Å². The van der Waals surface area contributed by atoms with Crippen molar-refractivity contribution < 1.29 is 0 Å². The second-order valence-electron chi connectivity index (χ2n) is 4.59. The van der Waals surface area contributed by atoms with Gasteiger partial charge in [0.1, 0.15) is 10.7 Å². The van der Waals surface area contributed by atoms with Gasteiger partial charge in [-0.2, -0.15) is 0 Å². The fourth-order valence-corrected chi connectivity index (χ4v) is 2.98. The first-order chi connectivity index (χ1) is 8.28. The molecule has 0 amide bonds. The normalized spacial score (nSPS) is 15.1. The van der Waals surface area contributed by atoms with Crippen molar-refractivity contribution >= 4 is 16.3 Å².